The minimum Gasteiger partial charge on any atom is -0.477 e. The van der Waals surface area contributed by atoms with Crippen LogP contribution in [0.3, 0.4) is 0 Å². The van der Waals surface area contributed by atoms with Gasteiger partial charge in [-0.3, -0.25) is 9.69 Å². The summed E-state index contributed by atoms with van der Waals surface area (Å²) in [7, 11) is 0. The molecule has 0 aromatic carbocycles. The van der Waals surface area contributed by atoms with Crippen LogP contribution in [0.25, 0.3) is 6.08 Å². The summed E-state index contributed by atoms with van der Waals surface area (Å²) in [5.41, 5.74) is 1.56. The number of hydrogen-bond acceptors (Lipinski definition) is 3. The maximum absolute atomic E-state index is 12.1. The number of carboxylic acids is 1. The molecule has 1 saturated heterocycles. The smallest absolute Gasteiger partial charge is 0.352 e. The second kappa shape index (κ2) is 3.82. The lowest BCUT2D eigenvalue weighted by Gasteiger charge is -2.38. The maximum atomic E-state index is 12.1. The summed E-state index contributed by atoms with van der Waals surface area (Å²) in [4.78, 5) is 28.9. The van der Waals surface area contributed by atoms with E-state index in [9.17, 15) is 9.59 Å². The Morgan fingerprint density at radius 1 is 1.50 bits per heavy atom. The molecule has 0 radical (unpaired) electrons. The largest absolute Gasteiger partial charge is 0.477 e. The number of aliphatic carboxylic acids is 1. The van der Waals surface area contributed by atoms with E-state index in [2.05, 4.69) is 9.55 Å². The SMILES string of the molecule is O=C(O)C1=CCC2/C(=C\c3cn4c(n3)CCC4)C(=O)N12. The van der Waals surface area contributed by atoms with Gasteiger partial charge in [-0.25, -0.2) is 9.78 Å². The molecule has 3 aliphatic heterocycles. The highest BCUT2D eigenvalue weighted by Gasteiger charge is 2.48. The summed E-state index contributed by atoms with van der Waals surface area (Å²) in [5.74, 6) is -0.188. The molecule has 4 rings (SSSR count). The number of rotatable bonds is 2. The standard InChI is InChI=1S/C14H13N3O3/c18-13-9(10-3-4-11(14(19)20)17(10)13)6-8-7-16-5-1-2-12(16)15-8/h4,6-7,10H,1-3,5H2,(H,19,20)/b9-6+. The molecule has 6 nitrogen and oxygen atoms in total. The molecule has 1 unspecified atom stereocenters. The Morgan fingerprint density at radius 2 is 2.35 bits per heavy atom. The molecular weight excluding hydrogens is 258 g/mol. The Morgan fingerprint density at radius 3 is 3.10 bits per heavy atom. The molecule has 0 aliphatic carbocycles. The average molecular weight is 271 g/mol. The predicted octanol–water partition coefficient (Wildman–Crippen LogP) is 0.796. The van der Waals surface area contributed by atoms with E-state index in [1.165, 1.54) is 4.90 Å². The number of imidazole rings is 1. The van der Waals surface area contributed by atoms with Crippen LogP contribution in [0.5, 0.6) is 0 Å². The molecule has 1 fully saturated rings. The van der Waals surface area contributed by atoms with E-state index in [-0.39, 0.29) is 17.6 Å². The fraction of sp³-hybridized carbons (Fsp3) is 0.357. The van der Waals surface area contributed by atoms with Crippen molar-refractivity contribution in [1.82, 2.24) is 14.5 Å². The van der Waals surface area contributed by atoms with E-state index in [4.69, 9.17) is 5.11 Å². The maximum Gasteiger partial charge on any atom is 0.352 e. The zero-order valence-corrected chi connectivity index (χ0v) is 10.7. The third-order valence-corrected chi connectivity index (χ3v) is 4.13. The van der Waals surface area contributed by atoms with Crippen molar-refractivity contribution in [2.24, 2.45) is 0 Å². The van der Waals surface area contributed by atoms with Gasteiger partial charge in [0, 0.05) is 24.7 Å². The van der Waals surface area contributed by atoms with Crippen LogP contribution in [0.15, 0.2) is 23.5 Å². The predicted molar refractivity (Wildman–Crippen MR) is 69.5 cm³/mol. The summed E-state index contributed by atoms with van der Waals surface area (Å²) < 4.78 is 2.11. The third-order valence-electron chi connectivity index (χ3n) is 4.13. The van der Waals surface area contributed by atoms with Gasteiger partial charge in [-0.1, -0.05) is 6.08 Å². The number of aryl methyl sites for hydroxylation is 2. The number of β-lactam (4-membered cyclic amide) rings is 1. The lowest BCUT2D eigenvalue weighted by molar-refractivity contribution is -0.142. The van der Waals surface area contributed by atoms with Crippen LogP contribution in [-0.2, 0) is 22.6 Å². The summed E-state index contributed by atoms with van der Waals surface area (Å²) in [6.07, 6.45) is 8.06. The lowest BCUT2D eigenvalue weighted by Crippen LogP contribution is -2.52. The Balaban J connectivity index is 1.61. The molecule has 1 atom stereocenters. The van der Waals surface area contributed by atoms with Crippen LogP contribution in [0.2, 0.25) is 0 Å². The second-order valence-electron chi connectivity index (χ2n) is 5.30. The minimum atomic E-state index is -1.04. The molecule has 3 aliphatic rings. The van der Waals surface area contributed by atoms with Crippen LogP contribution in [0.1, 0.15) is 24.4 Å². The van der Waals surface area contributed by atoms with Crippen molar-refractivity contribution in [3.05, 3.63) is 35.1 Å². The Labute approximate surface area is 115 Å². The average Bonchev–Trinajstić information content (AvgIpc) is 3.07. The van der Waals surface area contributed by atoms with Crippen molar-refractivity contribution in [2.75, 3.05) is 0 Å². The molecule has 0 bridgehead atoms. The van der Waals surface area contributed by atoms with Gasteiger partial charge in [0.25, 0.3) is 5.91 Å². The van der Waals surface area contributed by atoms with Crippen LogP contribution in [-0.4, -0.2) is 37.5 Å². The van der Waals surface area contributed by atoms with Gasteiger partial charge in [0.05, 0.1) is 11.7 Å². The normalized spacial score (nSPS) is 25.5. The Hall–Kier alpha value is -2.37. The summed E-state index contributed by atoms with van der Waals surface area (Å²) in [6, 6.07) is -0.120. The van der Waals surface area contributed by atoms with Crippen molar-refractivity contribution in [3.8, 4) is 0 Å². The number of hydrogen-bond donors (Lipinski definition) is 1. The molecule has 6 heteroatoms. The van der Waals surface area contributed by atoms with Crippen molar-refractivity contribution >= 4 is 18.0 Å². The van der Waals surface area contributed by atoms with Gasteiger partial charge < -0.3 is 9.67 Å². The molecule has 1 amide bonds. The monoisotopic (exact) mass is 271 g/mol. The molecule has 1 aromatic rings. The number of fused-ring (bicyclic) bond motifs is 2. The van der Waals surface area contributed by atoms with Gasteiger partial charge in [0.2, 0.25) is 0 Å². The summed E-state index contributed by atoms with van der Waals surface area (Å²) in [6.45, 7) is 0.986. The fourth-order valence-electron chi connectivity index (χ4n) is 3.18. The zero-order valence-electron chi connectivity index (χ0n) is 10.7. The van der Waals surface area contributed by atoms with Gasteiger partial charge in [-0.15, -0.1) is 0 Å². The number of amides is 1. The van der Waals surface area contributed by atoms with Gasteiger partial charge >= 0.3 is 5.97 Å². The first-order valence-corrected chi connectivity index (χ1v) is 6.70. The first-order chi connectivity index (χ1) is 9.65. The summed E-state index contributed by atoms with van der Waals surface area (Å²) >= 11 is 0. The van der Waals surface area contributed by atoms with Crippen LogP contribution >= 0.6 is 0 Å². The van der Waals surface area contributed by atoms with Crippen molar-refractivity contribution in [3.63, 3.8) is 0 Å². The molecule has 0 saturated carbocycles. The van der Waals surface area contributed by atoms with E-state index in [0.717, 1.165) is 30.9 Å². The van der Waals surface area contributed by atoms with Gasteiger partial charge in [0.15, 0.2) is 0 Å². The Kier molecular flexibility index (Phi) is 2.19. The molecule has 102 valence electrons. The molecular formula is C14H13N3O3. The van der Waals surface area contributed by atoms with E-state index in [1.54, 1.807) is 12.2 Å². The van der Waals surface area contributed by atoms with Crippen molar-refractivity contribution in [1.29, 1.82) is 0 Å². The van der Waals surface area contributed by atoms with E-state index < -0.39 is 5.97 Å². The second-order valence-corrected chi connectivity index (χ2v) is 5.30. The Bertz CT molecular complexity index is 677. The van der Waals surface area contributed by atoms with Gasteiger partial charge in [0.1, 0.15) is 11.5 Å². The number of aromatic nitrogens is 2. The number of nitrogens with zero attached hydrogens (tertiary/aromatic N) is 3. The molecule has 20 heavy (non-hydrogen) atoms. The zero-order chi connectivity index (χ0) is 13.9. The fourth-order valence-corrected chi connectivity index (χ4v) is 3.18. The first kappa shape index (κ1) is 11.5. The lowest BCUT2D eigenvalue weighted by atomic mass is 9.94. The highest BCUT2D eigenvalue weighted by Crippen LogP contribution is 2.38. The minimum absolute atomic E-state index is 0.101. The van der Waals surface area contributed by atoms with Crippen LogP contribution in [0.4, 0.5) is 0 Å². The quantitative estimate of drug-likeness (QED) is 0.637. The van der Waals surface area contributed by atoms with Gasteiger partial charge in [-0.2, -0.15) is 0 Å². The summed E-state index contributed by atoms with van der Waals surface area (Å²) in [5, 5.41) is 9.01. The highest BCUT2D eigenvalue weighted by atomic mass is 16.4. The van der Waals surface area contributed by atoms with Crippen molar-refractivity contribution < 1.29 is 14.7 Å². The van der Waals surface area contributed by atoms with Gasteiger partial charge in [-0.05, 0) is 18.9 Å². The van der Waals surface area contributed by atoms with E-state index in [1.807, 2.05) is 6.20 Å². The number of carbonyl (C=O) groups excluding carboxylic acids is 1. The van der Waals surface area contributed by atoms with Crippen LogP contribution in [0, 0.1) is 0 Å². The highest BCUT2D eigenvalue weighted by molar-refractivity contribution is 6.10. The van der Waals surface area contributed by atoms with E-state index >= 15 is 0 Å². The third kappa shape index (κ3) is 1.41. The molecule has 1 aromatic heterocycles. The topological polar surface area (TPSA) is 75.4 Å². The van der Waals surface area contributed by atoms with E-state index in [0.29, 0.717) is 12.0 Å². The number of carboxylic acid groups (broad SMARTS) is 1. The molecule has 0 spiro atoms. The van der Waals surface area contributed by atoms with Crippen LogP contribution < -0.4 is 0 Å². The molecule has 4 heterocycles. The van der Waals surface area contributed by atoms with Crippen molar-refractivity contribution in [2.45, 2.75) is 31.8 Å². The molecule has 1 N–H and O–H groups in total. The number of carbonyl (C=O) groups is 2. The first-order valence-electron chi connectivity index (χ1n) is 6.70.